The van der Waals surface area contributed by atoms with E-state index in [1.54, 1.807) is 30.3 Å². The highest BCUT2D eigenvalue weighted by Crippen LogP contribution is 2.36. The van der Waals surface area contributed by atoms with Crippen molar-refractivity contribution < 1.29 is 9.13 Å². The van der Waals surface area contributed by atoms with Gasteiger partial charge in [0.15, 0.2) is 5.65 Å². The third kappa shape index (κ3) is 3.15. The number of nitrogens with one attached hydrogen (secondary N) is 1. The van der Waals surface area contributed by atoms with Crippen LogP contribution in [0, 0.1) is 12.9 Å². The zero-order chi connectivity index (χ0) is 20.8. The molecule has 1 aromatic carbocycles. The van der Waals surface area contributed by atoms with Crippen LogP contribution >= 0.6 is 11.6 Å². The minimum atomic E-state index is -0.563. The van der Waals surface area contributed by atoms with Gasteiger partial charge in [-0.15, -0.1) is 0 Å². The summed E-state index contributed by atoms with van der Waals surface area (Å²) in [4.78, 5) is 15.6. The average Bonchev–Trinajstić information content (AvgIpc) is 3.30. The average molecular weight is 423 g/mol. The predicted octanol–water partition coefficient (Wildman–Crippen LogP) is 4.53. The first-order valence-electron chi connectivity index (χ1n) is 9.18. The maximum Gasteiger partial charge on any atom is 0.215 e. The second kappa shape index (κ2) is 7.07. The number of imidazole rings is 1. The van der Waals surface area contributed by atoms with Gasteiger partial charge in [-0.3, -0.25) is 9.67 Å². The van der Waals surface area contributed by atoms with Gasteiger partial charge in [0.05, 0.1) is 25.4 Å². The lowest BCUT2D eigenvalue weighted by Gasteiger charge is -2.10. The van der Waals surface area contributed by atoms with Crippen LogP contribution in [0.1, 0.15) is 11.4 Å². The molecule has 0 aliphatic heterocycles. The summed E-state index contributed by atoms with van der Waals surface area (Å²) in [6.07, 6.45) is 5.37. The van der Waals surface area contributed by atoms with E-state index in [4.69, 9.17) is 16.3 Å². The van der Waals surface area contributed by atoms with Crippen molar-refractivity contribution in [1.82, 2.24) is 29.7 Å². The molecule has 0 amide bonds. The third-order valence-corrected chi connectivity index (χ3v) is 5.24. The summed E-state index contributed by atoms with van der Waals surface area (Å²) in [6.45, 7) is 2.32. The quantitative estimate of drug-likeness (QED) is 0.430. The zero-order valence-electron chi connectivity index (χ0n) is 16.1. The molecule has 4 aromatic heterocycles. The summed E-state index contributed by atoms with van der Waals surface area (Å²) >= 11 is 6.52. The number of hydrogen-bond acceptors (Lipinski definition) is 5. The van der Waals surface area contributed by atoms with Gasteiger partial charge < -0.3 is 9.72 Å². The lowest BCUT2D eigenvalue weighted by atomic mass is 10.0. The van der Waals surface area contributed by atoms with E-state index in [-0.39, 0.29) is 0 Å². The van der Waals surface area contributed by atoms with Gasteiger partial charge in [-0.25, -0.2) is 4.98 Å². The smallest absolute Gasteiger partial charge is 0.215 e. The number of benzene rings is 1. The minimum absolute atomic E-state index is 0.336. The molecule has 0 saturated carbocycles. The number of ether oxygens (including phenoxy) is 1. The molecule has 30 heavy (non-hydrogen) atoms. The molecular formula is C21H16ClFN6O. The SMILES string of the molecule is COc1cc(-c2cncc3nn(Cc4nc5nc(F)ccc5[nH]4)cc23)c(Cl)cc1C. The van der Waals surface area contributed by atoms with Gasteiger partial charge in [0.25, 0.3) is 0 Å². The monoisotopic (exact) mass is 422 g/mol. The van der Waals surface area contributed by atoms with E-state index in [1.165, 1.54) is 6.07 Å². The van der Waals surface area contributed by atoms with Crippen molar-refractivity contribution in [2.24, 2.45) is 0 Å². The highest BCUT2D eigenvalue weighted by molar-refractivity contribution is 6.33. The fourth-order valence-electron chi connectivity index (χ4n) is 3.51. The van der Waals surface area contributed by atoms with Crippen molar-refractivity contribution in [3.63, 3.8) is 0 Å². The predicted molar refractivity (Wildman–Crippen MR) is 112 cm³/mol. The maximum atomic E-state index is 13.3. The van der Waals surface area contributed by atoms with Gasteiger partial charge in [-0.2, -0.15) is 14.5 Å². The Kier molecular flexibility index (Phi) is 4.36. The molecule has 0 bridgehead atoms. The maximum absolute atomic E-state index is 13.3. The van der Waals surface area contributed by atoms with Crippen molar-refractivity contribution in [1.29, 1.82) is 0 Å². The molecule has 0 aliphatic carbocycles. The Labute approximate surface area is 175 Å². The van der Waals surface area contributed by atoms with Crippen LogP contribution in [0.3, 0.4) is 0 Å². The number of pyridine rings is 2. The Morgan fingerprint density at radius 1 is 1.17 bits per heavy atom. The highest BCUT2D eigenvalue weighted by atomic mass is 35.5. The normalized spacial score (nSPS) is 11.5. The lowest BCUT2D eigenvalue weighted by molar-refractivity contribution is 0.412. The zero-order valence-corrected chi connectivity index (χ0v) is 16.9. The van der Waals surface area contributed by atoms with Gasteiger partial charge in [0.1, 0.15) is 17.1 Å². The number of aromatic amines is 1. The summed E-state index contributed by atoms with van der Waals surface area (Å²) in [5, 5.41) is 6.11. The van der Waals surface area contributed by atoms with Crippen molar-refractivity contribution in [3.05, 3.63) is 65.2 Å². The number of aryl methyl sites for hydroxylation is 1. The Balaban J connectivity index is 1.57. The van der Waals surface area contributed by atoms with Gasteiger partial charge in [-0.05, 0) is 36.8 Å². The Morgan fingerprint density at radius 2 is 2.03 bits per heavy atom. The van der Waals surface area contributed by atoms with E-state index in [1.807, 2.05) is 25.3 Å². The van der Waals surface area contributed by atoms with Crippen LogP contribution in [0.15, 0.2) is 42.9 Å². The van der Waals surface area contributed by atoms with Gasteiger partial charge >= 0.3 is 0 Å². The molecule has 0 saturated heterocycles. The molecule has 5 aromatic rings. The summed E-state index contributed by atoms with van der Waals surface area (Å²) in [7, 11) is 1.63. The van der Waals surface area contributed by atoms with Gasteiger partial charge in [0, 0.05) is 33.9 Å². The Hall–Kier alpha value is -3.52. The van der Waals surface area contributed by atoms with Crippen molar-refractivity contribution in [2.45, 2.75) is 13.5 Å². The first-order valence-corrected chi connectivity index (χ1v) is 9.56. The molecule has 0 radical (unpaired) electrons. The lowest BCUT2D eigenvalue weighted by Crippen LogP contribution is -2.01. The molecule has 0 atom stereocenters. The number of hydrogen-bond donors (Lipinski definition) is 1. The second-order valence-corrected chi connectivity index (χ2v) is 7.34. The van der Waals surface area contributed by atoms with Crippen LogP contribution in [-0.4, -0.2) is 36.8 Å². The Morgan fingerprint density at radius 3 is 2.87 bits per heavy atom. The van der Waals surface area contributed by atoms with E-state index in [0.717, 1.165) is 33.3 Å². The largest absolute Gasteiger partial charge is 0.496 e. The summed E-state index contributed by atoms with van der Waals surface area (Å²) in [6, 6.07) is 6.69. The van der Waals surface area contributed by atoms with Crippen LogP contribution in [0.2, 0.25) is 5.02 Å². The molecule has 7 nitrogen and oxygen atoms in total. The first-order chi connectivity index (χ1) is 14.5. The molecule has 0 aliphatic rings. The topological polar surface area (TPSA) is 81.5 Å². The standard InChI is InChI=1S/C21H16ClFN6O/c1-11-5-15(22)12(6-18(11)30-2)13-7-24-8-17-14(13)9-29(28-17)10-20-25-16-3-4-19(23)26-21(16)27-20/h3-9H,10H2,1-2H3,(H,25,26,27). The minimum Gasteiger partial charge on any atom is -0.496 e. The molecule has 4 heterocycles. The molecule has 0 fully saturated rings. The van der Waals surface area contributed by atoms with Crippen molar-refractivity contribution in [3.8, 4) is 16.9 Å². The molecule has 5 rings (SSSR count). The number of halogens is 2. The number of nitrogens with zero attached hydrogens (tertiary/aromatic N) is 5. The fraction of sp³-hybridized carbons (Fsp3) is 0.143. The molecular weight excluding hydrogens is 407 g/mol. The van der Waals surface area contributed by atoms with E-state index in [9.17, 15) is 4.39 Å². The van der Waals surface area contributed by atoms with Gasteiger partial charge in [0.2, 0.25) is 5.95 Å². The number of fused-ring (bicyclic) bond motifs is 2. The summed E-state index contributed by atoms with van der Waals surface area (Å²) < 4.78 is 20.5. The third-order valence-electron chi connectivity index (χ3n) is 4.93. The van der Waals surface area contributed by atoms with E-state index in [2.05, 4.69) is 25.0 Å². The second-order valence-electron chi connectivity index (χ2n) is 6.94. The summed E-state index contributed by atoms with van der Waals surface area (Å²) in [5.41, 5.74) is 4.36. The van der Waals surface area contributed by atoms with Crippen molar-refractivity contribution >= 4 is 33.7 Å². The number of H-pyrrole nitrogens is 1. The number of rotatable bonds is 4. The van der Waals surface area contributed by atoms with E-state index < -0.39 is 5.95 Å². The van der Waals surface area contributed by atoms with Crippen LogP contribution in [0.4, 0.5) is 4.39 Å². The van der Waals surface area contributed by atoms with E-state index in [0.29, 0.717) is 28.6 Å². The van der Waals surface area contributed by atoms with Crippen LogP contribution < -0.4 is 4.74 Å². The number of methoxy groups -OCH3 is 1. The number of aromatic nitrogens is 6. The molecule has 1 N–H and O–H groups in total. The molecule has 0 unspecified atom stereocenters. The Bertz CT molecular complexity index is 1410. The van der Waals surface area contributed by atoms with E-state index >= 15 is 0 Å². The first kappa shape index (κ1) is 18.5. The van der Waals surface area contributed by atoms with Crippen LogP contribution in [0.5, 0.6) is 5.75 Å². The molecule has 0 spiro atoms. The summed E-state index contributed by atoms with van der Waals surface area (Å²) in [5.74, 6) is 0.813. The fourth-order valence-corrected chi connectivity index (χ4v) is 3.83. The van der Waals surface area contributed by atoms with Crippen molar-refractivity contribution in [2.75, 3.05) is 7.11 Å². The molecule has 150 valence electrons. The van der Waals surface area contributed by atoms with Crippen LogP contribution in [-0.2, 0) is 6.54 Å². The van der Waals surface area contributed by atoms with Gasteiger partial charge in [-0.1, -0.05) is 11.6 Å². The molecule has 9 heteroatoms. The van der Waals surface area contributed by atoms with Crippen LogP contribution in [0.25, 0.3) is 33.2 Å². The highest BCUT2D eigenvalue weighted by Gasteiger charge is 2.15.